The van der Waals surface area contributed by atoms with E-state index in [4.69, 9.17) is 4.74 Å². The van der Waals surface area contributed by atoms with Crippen LogP contribution in [0, 0.1) is 0 Å². The Kier molecular flexibility index (Phi) is 5.76. The first-order valence-corrected chi connectivity index (χ1v) is 10.4. The van der Waals surface area contributed by atoms with Gasteiger partial charge in [-0.15, -0.1) is 0 Å². The molecule has 1 heterocycles. The third kappa shape index (κ3) is 3.91. The molecule has 0 spiro atoms. The van der Waals surface area contributed by atoms with Gasteiger partial charge in [0.15, 0.2) is 0 Å². The zero-order chi connectivity index (χ0) is 22.0. The normalized spacial score (nSPS) is 17.6. The molecule has 0 saturated carbocycles. The summed E-state index contributed by atoms with van der Waals surface area (Å²) in [6.45, 7) is 3.62. The van der Waals surface area contributed by atoms with Crippen LogP contribution in [0.1, 0.15) is 42.2 Å². The largest absolute Gasteiger partial charge is 0.497 e. The van der Waals surface area contributed by atoms with E-state index in [1.165, 1.54) is 0 Å². The van der Waals surface area contributed by atoms with E-state index in [-0.39, 0.29) is 23.9 Å². The number of hydrogen-bond donors (Lipinski definition) is 0. The van der Waals surface area contributed by atoms with E-state index in [0.29, 0.717) is 17.7 Å². The number of hydrogen-bond acceptors (Lipinski definition) is 3. The topological polar surface area (TPSA) is 49.9 Å². The third-order valence-electron chi connectivity index (χ3n) is 5.78. The standard InChI is InChI=1S/C26H26N2O3/c1-18-16-25(23-14-7-8-15-24(23)27(18)19(2)29)28(21-11-5-4-6-12-21)26(30)20-10-9-13-22(17-20)31-3/h4-15,17-18,25H,16H2,1-3H3/t18-,25+/m1/s1. The molecular weight excluding hydrogens is 388 g/mol. The zero-order valence-electron chi connectivity index (χ0n) is 18.0. The summed E-state index contributed by atoms with van der Waals surface area (Å²) in [6, 6.07) is 24.5. The molecule has 0 radical (unpaired) electrons. The van der Waals surface area contributed by atoms with Gasteiger partial charge in [-0.25, -0.2) is 0 Å². The van der Waals surface area contributed by atoms with Gasteiger partial charge < -0.3 is 14.5 Å². The van der Waals surface area contributed by atoms with Crippen LogP contribution < -0.4 is 14.5 Å². The molecule has 0 unspecified atom stereocenters. The summed E-state index contributed by atoms with van der Waals surface area (Å²) < 4.78 is 5.33. The molecule has 5 heteroatoms. The summed E-state index contributed by atoms with van der Waals surface area (Å²) in [6.07, 6.45) is 0.640. The first-order valence-electron chi connectivity index (χ1n) is 10.4. The van der Waals surface area contributed by atoms with E-state index in [1.807, 2.05) is 83.5 Å². The van der Waals surface area contributed by atoms with Crippen LogP contribution >= 0.6 is 0 Å². The van der Waals surface area contributed by atoms with Gasteiger partial charge in [0.25, 0.3) is 5.91 Å². The van der Waals surface area contributed by atoms with E-state index in [0.717, 1.165) is 16.9 Å². The lowest BCUT2D eigenvalue weighted by molar-refractivity contribution is -0.117. The minimum absolute atomic E-state index is 0.00350. The maximum Gasteiger partial charge on any atom is 0.258 e. The summed E-state index contributed by atoms with van der Waals surface area (Å²) in [7, 11) is 1.59. The van der Waals surface area contributed by atoms with Crippen molar-refractivity contribution in [2.24, 2.45) is 0 Å². The van der Waals surface area contributed by atoms with Crippen molar-refractivity contribution in [3.63, 3.8) is 0 Å². The van der Waals surface area contributed by atoms with Gasteiger partial charge in [0.1, 0.15) is 5.75 Å². The van der Waals surface area contributed by atoms with E-state index in [2.05, 4.69) is 0 Å². The number of anilines is 2. The Morgan fingerprint density at radius 2 is 1.68 bits per heavy atom. The first kappa shape index (κ1) is 20.7. The van der Waals surface area contributed by atoms with Crippen LogP contribution in [0.2, 0.25) is 0 Å². The van der Waals surface area contributed by atoms with Crippen molar-refractivity contribution < 1.29 is 14.3 Å². The van der Waals surface area contributed by atoms with Gasteiger partial charge in [-0.2, -0.15) is 0 Å². The van der Waals surface area contributed by atoms with Crippen molar-refractivity contribution in [3.05, 3.63) is 90.0 Å². The van der Waals surface area contributed by atoms with Crippen LogP contribution in [0.4, 0.5) is 11.4 Å². The number of amides is 2. The molecule has 0 N–H and O–H groups in total. The molecule has 1 aliphatic heterocycles. The summed E-state index contributed by atoms with van der Waals surface area (Å²) in [5.41, 5.74) is 3.20. The number of ether oxygens (including phenoxy) is 1. The molecule has 5 nitrogen and oxygen atoms in total. The molecule has 0 aromatic heterocycles. The fourth-order valence-corrected chi connectivity index (χ4v) is 4.43. The molecule has 2 amide bonds. The van der Waals surface area contributed by atoms with Crippen LogP contribution in [0.3, 0.4) is 0 Å². The van der Waals surface area contributed by atoms with Crippen molar-refractivity contribution in [2.45, 2.75) is 32.4 Å². The Morgan fingerprint density at radius 3 is 2.39 bits per heavy atom. The monoisotopic (exact) mass is 414 g/mol. The zero-order valence-corrected chi connectivity index (χ0v) is 18.0. The second-order valence-corrected chi connectivity index (χ2v) is 7.79. The number of carbonyl (C=O) groups is 2. The Labute approximate surface area is 182 Å². The van der Waals surface area contributed by atoms with E-state index >= 15 is 0 Å². The molecule has 2 atom stereocenters. The Hall–Kier alpha value is -3.60. The van der Waals surface area contributed by atoms with E-state index in [1.54, 1.807) is 26.2 Å². The molecule has 3 aromatic rings. The second-order valence-electron chi connectivity index (χ2n) is 7.79. The predicted molar refractivity (Wildman–Crippen MR) is 123 cm³/mol. The molecule has 4 rings (SSSR count). The summed E-state index contributed by atoms with van der Waals surface area (Å²) in [4.78, 5) is 29.9. The van der Waals surface area contributed by atoms with Gasteiger partial charge in [-0.05, 0) is 55.3 Å². The minimum atomic E-state index is -0.206. The van der Waals surface area contributed by atoms with Crippen molar-refractivity contribution in [3.8, 4) is 5.75 Å². The number of nitrogens with zero attached hydrogens (tertiary/aromatic N) is 2. The summed E-state index contributed by atoms with van der Waals surface area (Å²) in [5, 5.41) is 0. The SMILES string of the molecule is COc1cccc(C(=O)N(c2ccccc2)[C@H]2C[C@@H](C)N(C(C)=O)c3ccccc32)c1. The molecule has 31 heavy (non-hydrogen) atoms. The predicted octanol–water partition coefficient (Wildman–Crippen LogP) is 5.23. The average molecular weight is 415 g/mol. The number of carbonyl (C=O) groups excluding carboxylic acids is 2. The van der Waals surface area contributed by atoms with Gasteiger partial charge >= 0.3 is 0 Å². The molecule has 0 bridgehead atoms. The Morgan fingerprint density at radius 1 is 0.968 bits per heavy atom. The minimum Gasteiger partial charge on any atom is -0.497 e. The highest BCUT2D eigenvalue weighted by Gasteiger charge is 2.37. The molecule has 0 fully saturated rings. The van der Waals surface area contributed by atoms with Gasteiger partial charge in [-0.1, -0.05) is 42.5 Å². The highest BCUT2D eigenvalue weighted by Crippen LogP contribution is 2.42. The van der Waals surface area contributed by atoms with Gasteiger partial charge in [0, 0.05) is 29.9 Å². The lowest BCUT2D eigenvalue weighted by atomic mass is 9.89. The smallest absolute Gasteiger partial charge is 0.258 e. The molecule has 0 saturated heterocycles. The molecule has 0 aliphatic carbocycles. The maximum absolute atomic E-state index is 13.8. The number of methoxy groups -OCH3 is 1. The fourth-order valence-electron chi connectivity index (χ4n) is 4.43. The van der Waals surface area contributed by atoms with Gasteiger partial charge in [0.2, 0.25) is 5.91 Å². The quantitative estimate of drug-likeness (QED) is 0.587. The average Bonchev–Trinajstić information content (AvgIpc) is 2.79. The molecule has 158 valence electrons. The van der Waals surface area contributed by atoms with Gasteiger partial charge in [-0.3, -0.25) is 9.59 Å². The fraction of sp³-hybridized carbons (Fsp3) is 0.231. The third-order valence-corrected chi connectivity index (χ3v) is 5.78. The summed E-state index contributed by atoms with van der Waals surface area (Å²) >= 11 is 0. The Balaban J connectivity index is 1.85. The first-order chi connectivity index (χ1) is 15.0. The number of rotatable bonds is 4. The van der Waals surface area contributed by atoms with Crippen LogP contribution in [-0.4, -0.2) is 25.0 Å². The Bertz CT molecular complexity index is 1100. The highest BCUT2D eigenvalue weighted by atomic mass is 16.5. The molecular formula is C26H26N2O3. The van der Waals surface area contributed by atoms with Crippen LogP contribution in [0.25, 0.3) is 0 Å². The van der Waals surface area contributed by atoms with Crippen molar-refractivity contribution in [2.75, 3.05) is 16.9 Å². The number of para-hydroxylation sites is 2. The number of benzene rings is 3. The number of fused-ring (bicyclic) bond motifs is 1. The van der Waals surface area contributed by atoms with Crippen LogP contribution in [0.15, 0.2) is 78.9 Å². The van der Waals surface area contributed by atoms with Crippen molar-refractivity contribution in [1.29, 1.82) is 0 Å². The molecule has 3 aromatic carbocycles. The molecule has 1 aliphatic rings. The van der Waals surface area contributed by atoms with E-state index in [9.17, 15) is 9.59 Å². The van der Waals surface area contributed by atoms with Crippen molar-refractivity contribution in [1.82, 2.24) is 0 Å². The summed E-state index contributed by atoms with van der Waals surface area (Å²) in [5.74, 6) is 0.538. The lowest BCUT2D eigenvalue weighted by Crippen LogP contribution is -2.47. The van der Waals surface area contributed by atoms with Crippen LogP contribution in [0.5, 0.6) is 5.75 Å². The van der Waals surface area contributed by atoms with Crippen LogP contribution in [-0.2, 0) is 4.79 Å². The van der Waals surface area contributed by atoms with Gasteiger partial charge in [0.05, 0.1) is 13.2 Å². The highest BCUT2D eigenvalue weighted by molar-refractivity contribution is 6.07. The lowest BCUT2D eigenvalue weighted by Gasteiger charge is -2.43. The second kappa shape index (κ2) is 8.64. The maximum atomic E-state index is 13.8. The van der Waals surface area contributed by atoms with E-state index < -0.39 is 0 Å². The van der Waals surface area contributed by atoms with Crippen molar-refractivity contribution >= 4 is 23.2 Å².